The van der Waals surface area contributed by atoms with Gasteiger partial charge < -0.3 is 4.90 Å². The third-order valence-corrected chi connectivity index (χ3v) is 3.51. The Morgan fingerprint density at radius 1 is 1.16 bits per heavy atom. The Labute approximate surface area is 109 Å². The molecular weight excluding hydrogens is 240 g/mol. The molecule has 1 unspecified atom stereocenters. The summed E-state index contributed by atoms with van der Waals surface area (Å²) >= 11 is 0. The van der Waals surface area contributed by atoms with Gasteiger partial charge in [0, 0.05) is 11.7 Å². The van der Waals surface area contributed by atoms with E-state index in [2.05, 4.69) is 56.7 Å². The van der Waals surface area contributed by atoms with E-state index >= 15 is 0 Å². The maximum Gasteiger partial charge on any atom is 0.200 e. The van der Waals surface area contributed by atoms with E-state index in [4.69, 9.17) is 0 Å². The lowest BCUT2D eigenvalue weighted by Crippen LogP contribution is -2.25. The zero-order valence-electron chi connectivity index (χ0n) is 10.4. The molecule has 6 nitrogen and oxygen atoms in total. The van der Waals surface area contributed by atoms with Crippen LogP contribution in [-0.4, -0.2) is 31.3 Å². The van der Waals surface area contributed by atoms with Gasteiger partial charge in [0.1, 0.15) is 0 Å². The number of fused-ring (bicyclic) bond motifs is 2. The van der Waals surface area contributed by atoms with Gasteiger partial charge in [-0.25, -0.2) is 0 Å². The van der Waals surface area contributed by atoms with E-state index in [1.165, 1.54) is 15.9 Å². The predicted molar refractivity (Wildman–Crippen MR) is 70.3 cm³/mol. The van der Waals surface area contributed by atoms with Gasteiger partial charge in [-0.15, -0.1) is 14.8 Å². The van der Waals surface area contributed by atoms with Crippen LogP contribution >= 0.6 is 0 Å². The van der Waals surface area contributed by atoms with Crippen LogP contribution in [0, 0.1) is 0 Å². The number of hydrogen-bond acceptors (Lipinski definition) is 5. The highest BCUT2D eigenvalue weighted by Crippen LogP contribution is 2.36. The van der Waals surface area contributed by atoms with Crippen molar-refractivity contribution >= 4 is 17.2 Å². The third-order valence-electron chi connectivity index (χ3n) is 3.51. The number of tetrazole rings is 1. The van der Waals surface area contributed by atoms with E-state index in [0.29, 0.717) is 11.7 Å². The topological polar surface area (TPSA) is 59.2 Å². The summed E-state index contributed by atoms with van der Waals surface area (Å²) in [5, 5.41) is 15.8. The standard InChI is InChI=1S/C13H12N6/c1-9-8-10-4-2-3-5-11(10)18(9)13-7-6-12-14-16-17-19(12)15-13/h2-7,9H,8H2,1H3. The van der Waals surface area contributed by atoms with E-state index in [9.17, 15) is 0 Å². The Morgan fingerprint density at radius 2 is 2.05 bits per heavy atom. The second kappa shape index (κ2) is 3.74. The van der Waals surface area contributed by atoms with E-state index in [1.54, 1.807) is 0 Å². The minimum atomic E-state index is 0.388. The fourth-order valence-corrected chi connectivity index (χ4v) is 2.68. The molecule has 0 radical (unpaired) electrons. The zero-order valence-corrected chi connectivity index (χ0v) is 10.4. The van der Waals surface area contributed by atoms with Crippen molar-refractivity contribution in [2.75, 3.05) is 4.90 Å². The number of rotatable bonds is 1. The summed E-state index contributed by atoms with van der Waals surface area (Å²) in [5.74, 6) is 0.872. The molecule has 0 bridgehead atoms. The molecule has 0 fully saturated rings. The summed E-state index contributed by atoms with van der Waals surface area (Å²) in [6.07, 6.45) is 1.03. The largest absolute Gasteiger partial charge is 0.321 e. The summed E-state index contributed by atoms with van der Waals surface area (Å²) < 4.78 is 1.46. The van der Waals surface area contributed by atoms with Gasteiger partial charge in [-0.3, -0.25) is 0 Å². The molecule has 0 aliphatic carbocycles. The van der Waals surface area contributed by atoms with Crippen molar-refractivity contribution in [3.8, 4) is 0 Å². The molecule has 2 aromatic heterocycles. The summed E-state index contributed by atoms with van der Waals surface area (Å²) in [7, 11) is 0. The molecule has 6 heteroatoms. The number of para-hydroxylation sites is 1. The van der Waals surface area contributed by atoms with Crippen molar-refractivity contribution in [2.24, 2.45) is 0 Å². The van der Waals surface area contributed by atoms with Gasteiger partial charge >= 0.3 is 0 Å². The average Bonchev–Trinajstić information content (AvgIpc) is 3.00. The molecule has 1 aromatic carbocycles. The van der Waals surface area contributed by atoms with E-state index in [1.807, 2.05) is 12.1 Å². The van der Waals surface area contributed by atoms with Gasteiger partial charge in [-0.2, -0.15) is 0 Å². The highest BCUT2D eigenvalue weighted by molar-refractivity contribution is 5.68. The van der Waals surface area contributed by atoms with Gasteiger partial charge in [0.15, 0.2) is 11.5 Å². The van der Waals surface area contributed by atoms with Crippen LogP contribution in [0.15, 0.2) is 36.4 Å². The first-order valence-electron chi connectivity index (χ1n) is 6.25. The van der Waals surface area contributed by atoms with Gasteiger partial charge in [0.2, 0.25) is 0 Å². The summed E-state index contributed by atoms with van der Waals surface area (Å²) in [5.41, 5.74) is 3.23. The van der Waals surface area contributed by atoms with E-state index in [-0.39, 0.29) is 0 Å². The lowest BCUT2D eigenvalue weighted by Gasteiger charge is -2.23. The van der Waals surface area contributed by atoms with Gasteiger partial charge in [0.25, 0.3) is 0 Å². The molecule has 19 heavy (non-hydrogen) atoms. The monoisotopic (exact) mass is 252 g/mol. The maximum atomic E-state index is 4.47. The van der Waals surface area contributed by atoms with Crippen LogP contribution < -0.4 is 4.90 Å². The third kappa shape index (κ3) is 1.49. The molecule has 0 spiro atoms. The highest BCUT2D eigenvalue weighted by Gasteiger charge is 2.27. The van der Waals surface area contributed by atoms with E-state index < -0.39 is 0 Å². The number of benzene rings is 1. The second-order valence-corrected chi connectivity index (χ2v) is 4.77. The quantitative estimate of drug-likeness (QED) is 0.658. The lowest BCUT2D eigenvalue weighted by atomic mass is 10.1. The minimum absolute atomic E-state index is 0.388. The Balaban J connectivity index is 1.87. The molecule has 1 atom stereocenters. The fourth-order valence-electron chi connectivity index (χ4n) is 2.68. The lowest BCUT2D eigenvalue weighted by molar-refractivity contribution is 0.700. The van der Waals surface area contributed by atoms with Crippen LogP contribution in [0.2, 0.25) is 0 Å². The maximum absolute atomic E-state index is 4.47. The average molecular weight is 252 g/mol. The summed E-state index contributed by atoms with van der Waals surface area (Å²) in [6.45, 7) is 2.20. The van der Waals surface area contributed by atoms with Crippen molar-refractivity contribution < 1.29 is 0 Å². The fraction of sp³-hybridized carbons (Fsp3) is 0.231. The van der Waals surface area contributed by atoms with Crippen LogP contribution in [-0.2, 0) is 6.42 Å². The molecule has 0 N–H and O–H groups in total. The van der Waals surface area contributed by atoms with Gasteiger partial charge in [-0.05, 0) is 47.5 Å². The molecule has 4 rings (SSSR count). The molecule has 3 aromatic rings. The second-order valence-electron chi connectivity index (χ2n) is 4.77. The molecule has 1 aliphatic rings. The molecule has 0 amide bonds. The van der Waals surface area contributed by atoms with Gasteiger partial charge in [0.05, 0.1) is 0 Å². The first-order valence-corrected chi connectivity index (χ1v) is 6.25. The Hall–Kier alpha value is -2.50. The van der Waals surface area contributed by atoms with Gasteiger partial charge in [-0.1, -0.05) is 18.2 Å². The number of hydrogen-bond donors (Lipinski definition) is 0. The minimum Gasteiger partial charge on any atom is -0.321 e. The zero-order chi connectivity index (χ0) is 12.8. The van der Waals surface area contributed by atoms with Crippen molar-refractivity contribution in [3.63, 3.8) is 0 Å². The number of anilines is 2. The van der Waals surface area contributed by atoms with Crippen molar-refractivity contribution in [2.45, 2.75) is 19.4 Å². The van der Waals surface area contributed by atoms with Crippen LogP contribution in [0.5, 0.6) is 0 Å². The molecule has 0 saturated carbocycles. The van der Waals surface area contributed by atoms with Crippen LogP contribution in [0.3, 0.4) is 0 Å². The summed E-state index contributed by atoms with van der Waals surface area (Å²) in [4.78, 5) is 2.23. The molecule has 0 saturated heterocycles. The smallest absolute Gasteiger partial charge is 0.200 e. The summed E-state index contributed by atoms with van der Waals surface area (Å²) in [6, 6.07) is 12.7. The molecule has 94 valence electrons. The number of nitrogens with zero attached hydrogens (tertiary/aromatic N) is 6. The van der Waals surface area contributed by atoms with Crippen molar-refractivity contribution in [3.05, 3.63) is 42.0 Å². The molecular formula is C13H12N6. The van der Waals surface area contributed by atoms with Crippen LogP contribution in [0.1, 0.15) is 12.5 Å². The van der Waals surface area contributed by atoms with E-state index in [0.717, 1.165) is 12.2 Å². The molecule has 1 aliphatic heterocycles. The Kier molecular flexibility index (Phi) is 2.05. The first-order chi connectivity index (χ1) is 9.33. The predicted octanol–water partition coefficient (Wildman–Crippen LogP) is 1.60. The highest BCUT2D eigenvalue weighted by atomic mass is 15.6. The Bertz CT molecular complexity index is 749. The number of aromatic nitrogens is 5. The SMILES string of the molecule is CC1Cc2ccccc2N1c1ccc2nnnn2n1. The van der Waals surface area contributed by atoms with Crippen LogP contribution in [0.4, 0.5) is 11.5 Å². The Morgan fingerprint density at radius 3 is 3.00 bits per heavy atom. The first kappa shape index (κ1) is 10.4. The molecule has 3 heterocycles. The van der Waals surface area contributed by atoms with Crippen molar-refractivity contribution in [1.82, 2.24) is 25.3 Å². The normalized spacial score (nSPS) is 17.9. The van der Waals surface area contributed by atoms with Crippen LogP contribution in [0.25, 0.3) is 5.65 Å². The van der Waals surface area contributed by atoms with Crippen molar-refractivity contribution in [1.29, 1.82) is 0 Å².